The minimum absolute atomic E-state index is 0.656. The molecule has 2 heterocycles. The van der Waals surface area contributed by atoms with E-state index in [2.05, 4.69) is 20.5 Å². The summed E-state index contributed by atoms with van der Waals surface area (Å²) in [7, 11) is 0. The summed E-state index contributed by atoms with van der Waals surface area (Å²) >= 11 is 5.01. The van der Waals surface area contributed by atoms with Gasteiger partial charge >= 0.3 is 0 Å². The van der Waals surface area contributed by atoms with Gasteiger partial charge in [-0.25, -0.2) is 0 Å². The molecule has 0 bridgehead atoms. The first-order valence-corrected chi connectivity index (χ1v) is 4.71. The topological polar surface area (TPSA) is 64.3 Å². The Labute approximate surface area is 85.6 Å². The number of rotatable bonds is 4. The highest BCUT2D eigenvalue weighted by atomic mass is 32.1. The van der Waals surface area contributed by atoms with E-state index in [9.17, 15) is 0 Å². The van der Waals surface area contributed by atoms with Gasteiger partial charge in [-0.15, -0.1) is 5.10 Å². The zero-order valence-electron chi connectivity index (χ0n) is 7.50. The van der Waals surface area contributed by atoms with Crippen molar-refractivity contribution in [3.8, 4) is 0 Å². The standard InChI is InChI=1S/C7H10N6S/c14-7-10-9-6-12(7)3-1-4-13-5-2-8-11-13/h2,5-6H,1,3-4H2,(H,10,14). The summed E-state index contributed by atoms with van der Waals surface area (Å²) in [5.41, 5.74) is 0. The summed E-state index contributed by atoms with van der Waals surface area (Å²) in [6, 6.07) is 0. The fourth-order valence-corrected chi connectivity index (χ4v) is 1.38. The van der Waals surface area contributed by atoms with Crippen molar-refractivity contribution in [2.75, 3.05) is 0 Å². The molecule has 1 N–H and O–H groups in total. The molecule has 14 heavy (non-hydrogen) atoms. The third-order valence-corrected chi connectivity index (χ3v) is 2.20. The average molecular weight is 210 g/mol. The Balaban J connectivity index is 1.84. The zero-order chi connectivity index (χ0) is 9.80. The van der Waals surface area contributed by atoms with E-state index < -0.39 is 0 Å². The highest BCUT2D eigenvalue weighted by Gasteiger charge is 1.95. The van der Waals surface area contributed by atoms with Gasteiger partial charge in [0.1, 0.15) is 6.33 Å². The van der Waals surface area contributed by atoms with Crippen molar-refractivity contribution in [3.05, 3.63) is 23.5 Å². The van der Waals surface area contributed by atoms with Crippen LogP contribution in [0.2, 0.25) is 0 Å². The molecule has 0 saturated carbocycles. The molecule has 0 aliphatic heterocycles. The molecule has 0 aliphatic rings. The van der Waals surface area contributed by atoms with Gasteiger partial charge < -0.3 is 4.57 Å². The summed E-state index contributed by atoms with van der Waals surface area (Å²) in [4.78, 5) is 0. The van der Waals surface area contributed by atoms with Gasteiger partial charge in [-0.1, -0.05) is 5.21 Å². The summed E-state index contributed by atoms with van der Waals surface area (Å²) in [5.74, 6) is 0. The zero-order valence-corrected chi connectivity index (χ0v) is 8.31. The van der Waals surface area contributed by atoms with Crippen molar-refractivity contribution in [2.24, 2.45) is 0 Å². The summed E-state index contributed by atoms with van der Waals surface area (Å²) in [6.07, 6.45) is 6.17. The molecular formula is C7H10N6S. The van der Waals surface area contributed by atoms with Crippen LogP contribution < -0.4 is 0 Å². The van der Waals surface area contributed by atoms with Crippen molar-refractivity contribution in [2.45, 2.75) is 19.5 Å². The average Bonchev–Trinajstić information content (AvgIpc) is 2.78. The molecule has 2 rings (SSSR count). The third kappa shape index (κ3) is 2.05. The molecule has 0 amide bonds. The number of aromatic nitrogens is 6. The lowest BCUT2D eigenvalue weighted by Gasteiger charge is -2.00. The highest BCUT2D eigenvalue weighted by Crippen LogP contribution is 1.94. The predicted octanol–water partition coefficient (Wildman–Crippen LogP) is 0.622. The fraction of sp³-hybridized carbons (Fsp3) is 0.429. The third-order valence-electron chi connectivity index (χ3n) is 1.88. The summed E-state index contributed by atoms with van der Waals surface area (Å²) in [5, 5.41) is 14.1. The number of H-pyrrole nitrogens is 1. The van der Waals surface area contributed by atoms with Crippen LogP contribution in [0.15, 0.2) is 18.7 Å². The van der Waals surface area contributed by atoms with Gasteiger partial charge in [0.15, 0.2) is 4.77 Å². The van der Waals surface area contributed by atoms with E-state index in [1.165, 1.54) is 0 Å². The summed E-state index contributed by atoms with van der Waals surface area (Å²) in [6.45, 7) is 1.68. The minimum atomic E-state index is 0.656. The first-order valence-electron chi connectivity index (χ1n) is 4.30. The first-order chi connectivity index (χ1) is 6.86. The van der Waals surface area contributed by atoms with Crippen LogP contribution in [0.5, 0.6) is 0 Å². The van der Waals surface area contributed by atoms with Crippen LogP contribution in [0.25, 0.3) is 0 Å². The Kier molecular flexibility index (Phi) is 2.68. The molecule has 0 saturated heterocycles. The Hall–Kier alpha value is -1.50. The second-order valence-corrected chi connectivity index (χ2v) is 3.26. The molecule has 0 atom stereocenters. The van der Waals surface area contributed by atoms with Crippen molar-refractivity contribution < 1.29 is 0 Å². The molecule has 0 fully saturated rings. The van der Waals surface area contributed by atoms with Crippen molar-refractivity contribution in [3.63, 3.8) is 0 Å². The van der Waals surface area contributed by atoms with E-state index in [-0.39, 0.29) is 0 Å². The van der Waals surface area contributed by atoms with Crippen LogP contribution in [0.3, 0.4) is 0 Å². The second kappa shape index (κ2) is 4.14. The SMILES string of the molecule is S=c1[nH]ncn1CCCn1ccnn1. The molecule has 0 spiro atoms. The number of hydrogen-bond acceptors (Lipinski definition) is 4. The minimum Gasteiger partial charge on any atom is -0.307 e. The number of nitrogens with zero attached hydrogens (tertiary/aromatic N) is 5. The molecule has 0 aliphatic carbocycles. The first kappa shape index (κ1) is 9.07. The van der Waals surface area contributed by atoms with E-state index in [1.807, 2.05) is 10.8 Å². The summed E-state index contributed by atoms with van der Waals surface area (Å²) < 4.78 is 4.35. The lowest BCUT2D eigenvalue weighted by atomic mass is 10.4. The Morgan fingerprint density at radius 1 is 1.43 bits per heavy atom. The van der Waals surface area contributed by atoms with Gasteiger partial charge in [0.25, 0.3) is 0 Å². The molecule has 0 radical (unpaired) electrons. The van der Waals surface area contributed by atoms with E-state index in [4.69, 9.17) is 12.2 Å². The van der Waals surface area contributed by atoms with Gasteiger partial charge in [0.2, 0.25) is 0 Å². The van der Waals surface area contributed by atoms with Gasteiger partial charge in [0, 0.05) is 19.3 Å². The van der Waals surface area contributed by atoms with E-state index in [0.29, 0.717) is 4.77 Å². The molecule has 2 aromatic rings. The number of aryl methyl sites for hydroxylation is 2. The number of aromatic amines is 1. The van der Waals surface area contributed by atoms with Gasteiger partial charge in [-0.05, 0) is 18.6 Å². The van der Waals surface area contributed by atoms with Crippen LogP contribution in [-0.4, -0.2) is 29.8 Å². The van der Waals surface area contributed by atoms with Gasteiger partial charge in [-0.3, -0.25) is 9.78 Å². The quantitative estimate of drug-likeness (QED) is 0.751. The van der Waals surface area contributed by atoms with Crippen LogP contribution in [-0.2, 0) is 13.1 Å². The van der Waals surface area contributed by atoms with E-state index >= 15 is 0 Å². The Morgan fingerprint density at radius 2 is 2.36 bits per heavy atom. The Morgan fingerprint density at radius 3 is 3.00 bits per heavy atom. The van der Waals surface area contributed by atoms with Crippen LogP contribution in [0, 0.1) is 4.77 Å². The largest absolute Gasteiger partial charge is 0.307 e. The van der Waals surface area contributed by atoms with E-state index in [0.717, 1.165) is 19.5 Å². The molecular weight excluding hydrogens is 200 g/mol. The lowest BCUT2D eigenvalue weighted by molar-refractivity contribution is 0.512. The molecule has 6 nitrogen and oxygen atoms in total. The maximum atomic E-state index is 5.01. The van der Waals surface area contributed by atoms with Crippen molar-refractivity contribution in [1.82, 2.24) is 29.8 Å². The fourth-order valence-electron chi connectivity index (χ4n) is 1.18. The molecule has 7 heteroatoms. The van der Waals surface area contributed by atoms with E-state index in [1.54, 1.807) is 17.2 Å². The normalized spacial score (nSPS) is 10.6. The highest BCUT2D eigenvalue weighted by molar-refractivity contribution is 7.71. The molecule has 0 unspecified atom stereocenters. The lowest BCUT2D eigenvalue weighted by Crippen LogP contribution is -2.04. The van der Waals surface area contributed by atoms with Crippen molar-refractivity contribution in [1.29, 1.82) is 0 Å². The van der Waals surface area contributed by atoms with Gasteiger partial charge in [-0.2, -0.15) is 5.10 Å². The number of hydrogen-bond donors (Lipinski definition) is 1. The number of nitrogens with one attached hydrogen (secondary N) is 1. The maximum absolute atomic E-state index is 5.01. The van der Waals surface area contributed by atoms with Crippen LogP contribution in [0.4, 0.5) is 0 Å². The maximum Gasteiger partial charge on any atom is 0.194 e. The predicted molar refractivity (Wildman–Crippen MR) is 52.1 cm³/mol. The van der Waals surface area contributed by atoms with Crippen LogP contribution in [0.1, 0.15) is 6.42 Å². The molecule has 74 valence electrons. The van der Waals surface area contributed by atoms with Crippen molar-refractivity contribution >= 4 is 12.2 Å². The van der Waals surface area contributed by atoms with Crippen LogP contribution >= 0.6 is 12.2 Å². The van der Waals surface area contributed by atoms with Gasteiger partial charge in [0.05, 0.1) is 6.20 Å². The Bertz CT molecular complexity index is 427. The molecule has 0 aromatic carbocycles. The second-order valence-electron chi connectivity index (χ2n) is 2.87. The molecule has 2 aromatic heterocycles. The monoisotopic (exact) mass is 210 g/mol. The smallest absolute Gasteiger partial charge is 0.194 e.